The standard InChI is InChI=1S/C22H20S/c1-13-9-15-4-6-17-11-19(20-8-3-14(2)23-20)12-18-7-5-16(10-13)21(15)22(17)18/h3,8-12H,4-7H2,1-2H3. The van der Waals surface area contributed by atoms with E-state index in [-0.39, 0.29) is 0 Å². The highest BCUT2D eigenvalue weighted by molar-refractivity contribution is 7.15. The normalized spacial score (nSPS) is 14.7. The Morgan fingerprint density at radius 1 is 0.696 bits per heavy atom. The number of thiophene rings is 1. The van der Waals surface area contributed by atoms with Gasteiger partial charge in [0.1, 0.15) is 0 Å². The lowest BCUT2D eigenvalue weighted by Gasteiger charge is -2.30. The first-order valence-corrected chi connectivity index (χ1v) is 9.36. The van der Waals surface area contributed by atoms with Crippen molar-refractivity contribution in [3.8, 4) is 21.6 Å². The Bertz CT molecular complexity index is 892. The van der Waals surface area contributed by atoms with E-state index in [4.69, 9.17) is 0 Å². The fraction of sp³-hybridized carbons (Fsp3) is 0.273. The van der Waals surface area contributed by atoms with Gasteiger partial charge in [-0.1, -0.05) is 17.7 Å². The monoisotopic (exact) mass is 316 g/mol. The van der Waals surface area contributed by atoms with Gasteiger partial charge in [0.25, 0.3) is 0 Å². The molecule has 1 heteroatoms. The van der Waals surface area contributed by atoms with Crippen molar-refractivity contribution in [2.75, 3.05) is 0 Å². The molecule has 0 saturated heterocycles. The Kier molecular flexibility index (Phi) is 2.84. The van der Waals surface area contributed by atoms with Crippen molar-refractivity contribution in [3.05, 3.63) is 69.1 Å². The average Bonchev–Trinajstić information content (AvgIpc) is 2.98. The zero-order chi connectivity index (χ0) is 15.6. The van der Waals surface area contributed by atoms with Crippen LogP contribution in [0.5, 0.6) is 0 Å². The third-order valence-corrected chi connectivity index (χ3v) is 6.40. The van der Waals surface area contributed by atoms with Gasteiger partial charge in [0.05, 0.1) is 0 Å². The first-order chi connectivity index (χ1) is 11.2. The molecule has 0 radical (unpaired) electrons. The molecule has 0 fully saturated rings. The van der Waals surface area contributed by atoms with Crippen LogP contribution in [0.25, 0.3) is 21.6 Å². The zero-order valence-electron chi connectivity index (χ0n) is 13.7. The van der Waals surface area contributed by atoms with Crippen LogP contribution in [0.15, 0.2) is 36.4 Å². The molecule has 0 N–H and O–H groups in total. The summed E-state index contributed by atoms with van der Waals surface area (Å²) in [5.41, 5.74) is 12.3. The van der Waals surface area contributed by atoms with Crippen molar-refractivity contribution in [1.29, 1.82) is 0 Å². The lowest BCUT2D eigenvalue weighted by Crippen LogP contribution is -2.14. The van der Waals surface area contributed by atoms with Crippen molar-refractivity contribution >= 4 is 11.3 Å². The van der Waals surface area contributed by atoms with Crippen LogP contribution in [-0.2, 0) is 25.7 Å². The quantitative estimate of drug-likeness (QED) is 0.524. The molecule has 0 unspecified atom stereocenters. The molecule has 0 amide bonds. The first-order valence-electron chi connectivity index (χ1n) is 8.54. The van der Waals surface area contributed by atoms with E-state index < -0.39 is 0 Å². The van der Waals surface area contributed by atoms with E-state index >= 15 is 0 Å². The Hall–Kier alpha value is -1.86. The lowest BCUT2D eigenvalue weighted by molar-refractivity contribution is 0.874. The van der Waals surface area contributed by atoms with E-state index in [1.54, 1.807) is 33.4 Å². The summed E-state index contributed by atoms with van der Waals surface area (Å²) in [5, 5.41) is 0. The second kappa shape index (κ2) is 4.82. The Balaban J connectivity index is 1.76. The Labute approximate surface area is 141 Å². The van der Waals surface area contributed by atoms with Crippen LogP contribution in [0.1, 0.15) is 32.7 Å². The van der Waals surface area contributed by atoms with E-state index in [2.05, 4.69) is 50.2 Å². The fourth-order valence-electron chi connectivity index (χ4n) is 4.41. The van der Waals surface area contributed by atoms with Gasteiger partial charge in [-0.15, -0.1) is 11.3 Å². The molecule has 2 aliphatic carbocycles. The van der Waals surface area contributed by atoms with Gasteiger partial charge in [-0.25, -0.2) is 0 Å². The molecular formula is C22H20S. The van der Waals surface area contributed by atoms with Gasteiger partial charge in [0.15, 0.2) is 0 Å². The van der Waals surface area contributed by atoms with Crippen LogP contribution in [0, 0.1) is 13.8 Å². The third-order valence-electron chi connectivity index (χ3n) is 5.35. The second-order valence-electron chi connectivity index (χ2n) is 7.04. The van der Waals surface area contributed by atoms with Gasteiger partial charge in [-0.2, -0.15) is 0 Å². The molecule has 114 valence electrons. The topological polar surface area (TPSA) is 0 Å². The maximum absolute atomic E-state index is 2.46. The van der Waals surface area contributed by atoms with E-state index in [1.165, 1.54) is 46.6 Å². The smallest absolute Gasteiger partial charge is 0.0345 e. The molecule has 0 saturated carbocycles. The summed E-state index contributed by atoms with van der Waals surface area (Å²) in [5.74, 6) is 0. The predicted octanol–water partition coefficient (Wildman–Crippen LogP) is 5.90. The summed E-state index contributed by atoms with van der Waals surface area (Å²) in [6, 6.07) is 14.3. The van der Waals surface area contributed by atoms with Crippen LogP contribution in [0.2, 0.25) is 0 Å². The minimum Gasteiger partial charge on any atom is -0.141 e. The average molecular weight is 316 g/mol. The summed E-state index contributed by atoms with van der Waals surface area (Å²) < 4.78 is 0. The Morgan fingerprint density at radius 2 is 1.22 bits per heavy atom. The van der Waals surface area contributed by atoms with Crippen molar-refractivity contribution < 1.29 is 0 Å². The van der Waals surface area contributed by atoms with E-state index in [9.17, 15) is 0 Å². The van der Waals surface area contributed by atoms with Crippen LogP contribution in [-0.4, -0.2) is 0 Å². The maximum atomic E-state index is 2.46. The molecule has 0 atom stereocenters. The summed E-state index contributed by atoms with van der Waals surface area (Å²) >= 11 is 1.91. The summed E-state index contributed by atoms with van der Waals surface area (Å²) in [4.78, 5) is 2.82. The molecule has 1 aromatic heterocycles. The number of benzene rings is 2. The van der Waals surface area contributed by atoms with Crippen LogP contribution in [0.4, 0.5) is 0 Å². The molecule has 0 spiro atoms. The molecule has 0 nitrogen and oxygen atoms in total. The molecule has 2 aromatic carbocycles. The summed E-state index contributed by atoms with van der Waals surface area (Å²) in [7, 11) is 0. The molecule has 3 aromatic rings. The minimum atomic E-state index is 1.19. The molecule has 0 bridgehead atoms. The largest absolute Gasteiger partial charge is 0.141 e. The third kappa shape index (κ3) is 2.03. The number of aryl methyl sites for hydroxylation is 6. The Morgan fingerprint density at radius 3 is 1.70 bits per heavy atom. The van der Waals surface area contributed by atoms with Gasteiger partial charge in [-0.3, -0.25) is 0 Å². The highest BCUT2D eigenvalue weighted by Crippen LogP contribution is 2.45. The molecule has 5 rings (SSSR count). The van der Waals surface area contributed by atoms with Gasteiger partial charge in [0, 0.05) is 9.75 Å². The summed E-state index contributed by atoms with van der Waals surface area (Å²) in [6.07, 6.45) is 4.78. The van der Waals surface area contributed by atoms with Crippen LogP contribution in [0.3, 0.4) is 0 Å². The molecule has 2 aliphatic rings. The molecule has 1 heterocycles. The fourth-order valence-corrected chi connectivity index (χ4v) is 5.27. The van der Waals surface area contributed by atoms with E-state index in [0.29, 0.717) is 0 Å². The van der Waals surface area contributed by atoms with Crippen molar-refractivity contribution in [1.82, 2.24) is 0 Å². The van der Waals surface area contributed by atoms with Gasteiger partial charge >= 0.3 is 0 Å². The van der Waals surface area contributed by atoms with E-state index in [1.807, 2.05) is 11.3 Å². The highest BCUT2D eigenvalue weighted by Gasteiger charge is 2.26. The minimum absolute atomic E-state index is 1.19. The van der Waals surface area contributed by atoms with E-state index in [0.717, 1.165) is 0 Å². The zero-order valence-corrected chi connectivity index (χ0v) is 14.5. The number of hydrogen-bond donors (Lipinski definition) is 0. The second-order valence-corrected chi connectivity index (χ2v) is 8.33. The lowest BCUT2D eigenvalue weighted by atomic mass is 9.74. The maximum Gasteiger partial charge on any atom is 0.0345 e. The van der Waals surface area contributed by atoms with Crippen LogP contribution < -0.4 is 0 Å². The van der Waals surface area contributed by atoms with Crippen molar-refractivity contribution in [2.45, 2.75) is 39.5 Å². The first kappa shape index (κ1) is 13.6. The summed E-state index contributed by atoms with van der Waals surface area (Å²) in [6.45, 7) is 4.44. The van der Waals surface area contributed by atoms with Crippen molar-refractivity contribution in [2.24, 2.45) is 0 Å². The SMILES string of the molecule is Cc1cc2c3c(c1)CCc1cc(-c4ccc(C)s4)cc(c1-3)CC2. The number of rotatable bonds is 1. The van der Waals surface area contributed by atoms with Gasteiger partial charge < -0.3 is 0 Å². The predicted molar refractivity (Wildman–Crippen MR) is 99.5 cm³/mol. The number of hydrogen-bond acceptors (Lipinski definition) is 1. The molecule has 0 aliphatic heterocycles. The van der Waals surface area contributed by atoms with Gasteiger partial charge in [0.2, 0.25) is 0 Å². The molecular weight excluding hydrogens is 296 g/mol. The van der Waals surface area contributed by atoms with Crippen LogP contribution >= 0.6 is 11.3 Å². The van der Waals surface area contributed by atoms with Crippen molar-refractivity contribution in [3.63, 3.8) is 0 Å². The van der Waals surface area contributed by atoms with Gasteiger partial charge in [-0.05, 0) is 103 Å². The molecule has 23 heavy (non-hydrogen) atoms. The highest BCUT2D eigenvalue weighted by atomic mass is 32.1.